The van der Waals surface area contributed by atoms with Crippen LogP contribution in [0.15, 0.2) is 54.9 Å². The van der Waals surface area contributed by atoms with Crippen LogP contribution < -0.4 is 5.32 Å². The van der Waals surface area contributed by atoms with Crippen LogP contribution in [0.2, 0.25) is 0 Å². The molecule has 1 N–H and O–H groups in total. The Hall–Kier alpha value is -3.62. The second-order valence-corrected chi connectivity index (χ2v) is 5.35. The highest BCUT2D eigenvalue weighted by atomic mass is 19.1. The van der Waals surface area contributed by atoms with E-state index < -0.39 is 23.8 Å². The molecule has 0 fully saturated rings. The van der Waals surface area contributed by atoms with Crippen molar-refractivity contribution in [2.45, 2.75) is 13.0 Å². The molecule has 26 heavy (non-hydrogen) atoms. The van der Waals surface area contributed by atoms with Gasteiger partial charge in [-0.15, -0.1) is 5.10 Å². The molecule has 0 aliphatic rings. The van der Waals surface area contributed by atoms with E-state index in [0.717, 1.165) is 0 Å². The summed E-state index contributed by atoms with van der Waals surface area (Å²) in [5, 5.41) is 13.3. The van der Waals surface area contributed by atoms with Crippen molar-refractivity contribution in [2.75, 3.05) is 5.32 Å². The highest BCUT2D eigenvalue weighted by Gasteiger charge is 2.19. The molecule has 132 valence electrons. The van der Waals surface area contributed by atoms with Crippen LogP contribution in [0.3, 0.4) is 0 Å². The summed E-state index contributed by atoms with van der Waals surface area (Å²) in [4.78, 5) is 24.2. The van der Waals surface area contributed by atoms with Gasteiger partial charge in [-0.05, 0) is 59.8 Å². The molecule has 0 spiro atoms. The van der Waals surface area contributed by atoms with E-state index >= 15 is 0 Å². The number of nitrogens with one attached hydrogen (secondary N) is 1. The maximum atomic E-state index is 13.1. The van der Waals surface area contributed by atoms with Crippen molar-refractivity contribution in [3.8, 4) is 5.69 Å². The summed E-state index contributed by atoms with van der Waals surface area (Å²) < 4.78 is 19.7. The smallest absolute Gasteiger partial charge is 0.338 e. The third-order valence-corrected chi connectivity index (χ3v) is 3.46. The molecule has 9 heteroatoms. The lowest BCUT2D eigenvalue weighted by Crippen LogP contribution is -2.30. The standard InChI is InChI=1S/C17H14FN5O3/c1-11(16(24)20-14-4-2-3-13(18)9-14)26-17(25)12-5-7-15(8-6-12)23-10-19-21-22-23/h2-11H,1H3,(H,20,24)/t11-/m1/s1. The van der Waals surface area contributed by atoms with Gasteiger partial charge in [0.1, 0.15) is 12.1 Å². The lowest BCUT2D eigenvalue weighted by Gasteiger charge is -2.13. The molecule has 0 radical (unpaired) electrons. The third-order valence-electron chi connectivity index (χ3n) is 3.46. The summed E-state index contributed by atoms with van der Waals surface area (Å²) in [6, 6.07) is 11.8. The first kappa shape index (κ1) is 17.2. The summed E-state index contributed by atoms with van der Waals surface area (Å²) in [6.45, 7) is 1.43. The van der Waals surface area contributed by atoms with E-state index in [9.17, 15) is 14.0 Å². The number of aromatic nitrogens is 4. The average Bonchev–Trinajstić information content (AvgIpc) is 3.16. The molecular weight excluding hydrogens is 341 g/mol. The van der Waals surface area contributed by atoms with Crippen molar-refractivity contribution in [3.63, 3.8) is 0 Å². The fraction of sp³-hybridized carbons (Fsp3) is 0.118. The summed E-state index contributed by atoms with van der Waals surface area (Å²) >= 11 is 0. The number of halogens is 1. The number of anilines is 1. The van der Waals surface area contributed by atoms with E-state index in [1.165, 1.54) is 54.3 Å². The molecule has 3 aromatic rings. The van der Waals surface area contributed by atoms with Crippen molar-refractivity contribution < 1.29 is 18.7 Å². The molecule has 1 aromatic heterocycles. The topological polar surface area (TPSA) is 99.0 Å². The normalized spacial score (nSPS) is 11.6. The summed E-state index contributed by atoms with van der Waals surface area (Å²) in [5.41, 5.74) is 1.22. The monoisotopic (exact) mass is 355 g/mol. The number of ether oxygens (including phenoxy) is 1. The Morgan fingerprint density at radius 2 is 1.96 bits per heavy atom. The van der Waals surface area contributed by atoms with Gasteiger partial charge in [0, 0.05) is 5.69 Å². The van der Waals surface area contributed by atoms with Crippen molar-refractivity contribution in [1.29, 1.82) is 0 Å². The molecule has 1 amide bonds. The highest BCUT2D eigenvalue weighted by molar-refractivity contribution is 5.97. The lowest BCUT2D eigenvalue weighted by atomic mass is 10.2. The largest absolute Gasteiger partial charge is 0.449 e. The summed E-state index contributed by atoms with van der Waals surface area (Å²) in [5.74, 6) is -1.69. The molecule has 0 aliphatic carbocycles. The van der Waals surface area contributed by atoms with Gasteiger partial charge in [-0.3, -0.25) is 4.79 Å². The van der Waals surface area contributed by atoms with E-state index in [4.69, 9.17) is 4.74 Å². The van der Waals surface area contributed by atoms with Crippen molar-refractivity contribution in [1.82, 2.24) is 20.2 Å². The second kappa shape index (κ2) is 7.51. The number of carbonyl (C=O) groups is 2. The number of amides is 1. The molecule has 1 atom stereocenters. The Labute approximate surface area is 147 Å². The predicted octanol–water partition coefficient (Wildman–Crippen LogP) is 1.99. The lowest BCUT2D eigenvalue weighted by molar-refractivity contribution is -0.123. The summed E-state index contributed by atoms with van der Waals surface area (Å²) in [6.07, 6.45) is 0.372. The number of hydrogen-bond acceptors (Lipinski definition) is 6. The molecule has 0 aliphatic heterocycles. The third kappa shape index (κ3) is 4.07. The van der Waals surface area contributed by atoms with E-state index in [1.54, 1.807) is 12.1 Å². The molecular formula is C17H14FN5O3. The van der Waals surface area contributed by atoms with Crippen LogP contribution in [0.25, 0.3) is 5.69 Å². The number of benzene rings is 2. The van der Waals surface area contributed by atoms with Gasteiger partial charge < -0.3 is 10.1 Å². The first-order chi connectivity index (χ1) is 12.5. The van der Waals surface area contributed by atoms with Gasteiger partial charge >= 0.3 is 5.97 Å². The Morgan fingerprint density at radius 3 is 2.62 bits per heavy atom. The first-order valence-electron chi connectivity index (χ1n) is 7.64. The maximum Gasteiger partial charge on any atom is 0.338 e. The quantitative estimate of drug-likeness (QED) is 0.703. The average molecular weight is 355 g/mol. The minimum absolute atomic E-state index is 0.271. The van der Waals surface area contributed by atoms with Gasteiger partial charge in [-0.25, -0.2) is 13.9 Å². The molecule has 1 heterocycles. The van der Waals surface area contributed by atoms with E-state index in [1.807, 2.05) is 0 Å². The van der Waals surface area contributed by atoms with E-state index in [2.05, 4.69) is 20.8 Å². The van der Waals surface area contributed by atoms with Crippen LogP contribution >= 0.6 is 0 Å². The van der Waals surface area contributed by atoms with Crippen molar-refractivity contribution in [2.24, 2.45) is 0 Å². The molecule has 0 saturated heterocycles. The minimum atomic E-state index is -1.05. The Balaban J connectivity index is 1.60. The SMILES string of the molecule is C[C@@H](OC(=O)c1ccc(-n2cnnn2)cc1)C(=O)Nc1cccc(F)c1. The molecule has 8 nitrogen and oxygen atoms in total. The number of hydrogen-bond donors (Lipinski definition) is 1. The number of rotatable bonds is 5. The van der Waals surface area contributed by atoms with E-state index in [-0.39, 0.29) is 11.3 Å². The fourth-order valence-electron chi connectivity index (χ4n) is 2.12. The number of esters is 1. The van der Waals surface area contributed by atoms with Gasteiger partial charge in [0.15, 0.2) is 6.10 Å². The molecule has 2 aromatic carbocycles. The highest BCUT2D eigenvalue weighted by Crippen LogP contribution is 2.12. The number of nitrogens with zero attached hydrogens (tertiary/aromatic N) is 4. The molecule has 0 saturated carbocycles. The second-order valence-electron chi connectivity index (χ2n) is 5.35. The van der Waals surface area contributed by atoms with Gasteiger partial charge in [0.05, 0.1) is 11.3 Å². The van der Waals surface area contributed by atoms with Crippen LogP contribution in [-0.4, -0.2) is 38.2 Å². The van der Waals surface area contributed by atoms with Gasteiger partial charge in [0.2, 0.25) is 0 Å². The van der Waals surface area contributed by atoms with Crippen LogP contribution in [0.5, 0.6) is 0 Å². The zero-order chi connectivity index (χ0) is 18.5. The Bertz CT molecular complexity index is 912. The molecule has 0 unspecified atom stereocenters. The fourth-order valence-corrected chi connectivity index (χ4v) is 2.12. The van der Waals surface area contributed by atoms with Gasteiger partial charge in [-0.2, -0.15) is 0 Å². The predicted molar refractivity (Wildman–Crippen MR) is 89.1 cm³/mol. The Kier molecular flexibility index (Phi) is 4.97. The summed E-state index contributed by atoms with van der Waals surface area (Å²) in [7, 11) is 0. The van der Waals surface area contributed by atoms with Gasteiger partial charge in [-0.1, -0.05) is 6.07 Å². The van der Waals surface area contributed by atoms with Crippen LogP contribution in [-0.2, 0) is 9.53 Å². The number of carbonyl (C=O) groups excluding carboxylic acids is 2. The van der Waals surface area contributed by atoms with Crippen molar-refractivity contribution in [3.05, 3.63) is 66.2 Å². The number of tetrazole rings is 1. The van der Waals surface area contributed by atoms with Crippen LogP contribution in [0, 0.1) is 5.82 Å². The maximum absolute atomic E-state index is 13.1. The van der Waals surface area contributed by atoms with E-state index in [0.29, 0.717) is 5.69 Å². The van der Waals surface area contributed by atoms with Crippen molar-refractivity contribution >= 4 is 17.6 Å². The molecule has 0 bridgehead atoms. The zero-order valence-corrected chi connectivity index (χ0v) is 13.7. The van der Waals surface area contributed by atoms with Crippen LogP contribution in [0.4, 0.5) is 10.1 Å². The minimum Gasteiger partial charge on any atom is -0.449 e. The Morgan fingerprint density at radius 1 is 1.19 bits per heavy atom. The van der Waals surface area contributed by atoms with Gasteiger partial charge in [0.25, 0.3) is 5.91 Å². The first-order valence-corrected chi connectivity index (χ1v) is 7.64. The zero-order valence-electron chi connectivity index (χ0n) is 13.7. The molecule has 3 rings (SSSR count). The van der Waals surface area contributed by atoms with Crippen LogP contribution in [0.1, 0.15) is 17.3 Å².